The monoisotopic (exact) mass is 417 g/mol. The number of hydrogen-bond donors (Lipinski definition) is 0. The molecule has 2 fully saturated rings. The molecule has 0 N–H and O–H groups in total. The van der Waals surface area contributed by atoms with Crippen molar-refractivity contribution >= 4 is 13.8 Å². The van der Waals surface area contributed by atoms with Crippen LogP contribution in [0.1, 0.15) is 44.2 Å². The number of piperidine rings is 1. The Morgan fingerprint density at radius 3 is 3.04 bits per heavy atom. The van der Waals surface area contributed by atoms with Gasteiger partial charge in [0.25, 0.3) is 0 Å². The second-order valence-corrected chi connectivity index (χ2v) is 8.35. The van der Waals surface area contributed by atoms with Crippen molar-refractivity contribution in [2.45, 2.75) is 57.1 Å². The maximum atomic E-state index is 11.6. The van der Waals surface area contributed by atoms with E-state index < -0.39 is 0 Å². The number of hydrogen-bond acceptors (Lipinski definition) is 3. The van der Waals surface area contributed by atoms with E-state index in [4.69, 9.17) is 4.74 Å². The van der Waals surface area contributed by atoms with Gasteiger partial charge in [0.05, 0.1) is 11.4 Å². The summed E-state index contributed by atoms with van der Waals surface area (Å²) in [7, 11) is 0.0864. The van der Waals surface area contributed by atoms with Crippen molar-refractivity contribution in [1.82, 2.24) is 4.90 Å². The Morgan fingerprint density at radius 1 is 1.46 bits per heavy atom. The van der Waals surface area contributed by atoms with Gasteiger partial charge in [0.1, 0.15) is 5.75 Å². The molecule has 2 aliphatic carbocycles. The van der Waals surface area contributed by atoms with E-state index in [-0.39, 0.29) is 52.7 Å². The average molecular weight is 417 g/mol. The molecule has 1 aromatic carbocycles. The molecule has 2 aliphatic heterocycles. The van der Waals surface area contributed by atoms with Gasteiger partial charge in [0, 0.05) is 32.7 Å². The van der Waals surface area contributed by atoms with Crippen LogP contribution in [0, 0.1) is 11.8 Å². The van der Waals surface area contributed by atoms with Gasteiger partial charge in [0.15, 0.2) is 8.46 Å². The minimum absolute atomic E-state index is 0. The van der Waals surface area contributed by atoms with Gasteiger partial charge < -0.3 is 9.64 Å². The van der Waals surface area contributed by atoms with Crippen molar-refractivity contribution in [3.05, 3.63) is 29.2 Å². The summed E-state index contributed by atoms with van der Waals surface area (Å²) in [6.07, 6.45) is 4.99. The van der Waals surface area contributed by atoms with Gasteiger partial charge in [-0.3, -0.25) is 10.5 Å². The molecule has 1 saturated heterocycles. The van der Waals surface area contributed by atoms with Gasteiger partial charge in [-0.2, -0.15) is 6.42 Å². The van der Waals surface area contributed by atoms with E-state index in [0.717, 1.165) is 30.6 Å². The molecular formula is C19H23NO2PY-. The molecule has 1 unspecified atom stereocenters. The summed E-state index contributed by atoms with van der Waals surface area (Å²) < 4.78 is 18.2. The van der Waals surface area contributed by atoms with Crippen LogP contribution in [0.2, 0.25) is 0 Å². The average Bonchev–Trinajstić information content (AvgIpc) is 2.91. The zero-order chi connectivity index (χ0) is 15.8. The molecule has 3 nitrogen and oxygen atoms in total. The third-order valence-electron chi connectivity index (χ3n) is 6.91. The smallest absolute Gasteiger partial charge is 0.196 e. The molecule has 24 heavy (non-hydrogen) atoms. The van der Waals surface area contributed by atoms with E-state index >= 15 is 0 Å². The van der Waals surface area contributed by atoms with Gasteiger partial charge in [-0.1, -0.05) is 38.2 Å². The summed E-state index contributed by atoms with van der Waals surface area (Å²) in [5.74, 6) is 3.25. The normalized spacial score (nSPS) is 36.8. The Hall–Kier alpha value is 0.184. The van der Waals surface area contributed by atoms with E-state index in [9.17, 15) is 4.57 Å². The second-order valence-electron chi connectivity index (χ2n) is 7.69. The number of benzene rings is 1. The van der Waals surface area contributed by atoms with Crippen LogP contribution in [0.5, 0.6) is 5.75 Å². The molecule has 0 amide bonds. The molecule has 5 heteroatoms. The van der Waals surface area contributed by atoms with Crippen LogP contribution in [-0.4, -0.2) is 30.1 Å². The van der Waals surface area contributed by atoms with Crippen LogP contribution < -0.4 is 10.0 Å². The molecular weight excluding hydrogens is 394 g/mol. The molecule has 2 heterocycles. The predicted molar refractivity (Wildman–Crippen MR) is 90.8 cm³/mol. The molecule has 4 aliphatic rings. The SMILES string of the molecule is CCN1CC[C@]23c4c5ccc(P=O)c4O[C@H]2C(C)CC[C-]3[C@H]1C5.[Y]. The van der Waals surface area contributed by atoms with Gasteiger partial charge in [-0.25, -0.2) is 0 Å². The van der Waals surface area contributed by atoms with Crippen LogP contribution in [-0.2, 0) is 49.1 Å². The summed E-state index contributed by atoms with van der Waals surface area (Å²) in [6, 6.07) is 4.81. The van der Waals surface area contributed by atoms with Crippen LogP contribution in [0.4, 0.5) is 0 Å². The minimum atomic E-state index is 0. The summed E-state index contributed by atoms with van der Waals surface area (Å²) in [6.45, 7) is 6.92. The van der Waals surface area contributed by atoms with Crippen molar-refractivity contribution in [2.24, 2.45) is 5.92 Å². The van der Waals surface area contributed by atoms with Gasteiger partial charge in [-0.05, 0) is 42.6 Å². The zero-order valence-electron chi connectivity index (χ0n) is 14.4. The number of ether oxygens (including phenoxy) is 1. The van der Waals surface area contributed by atoms with E-state index in [1.807, 2.05) is 6.07 Å². The molecule has 1 radical (unpaired) electrons. The van der Waals surface area contributed by atoms with E-state index in [1.165, 1.54) is 30.4 Å². The summed E-state index contributed by atoms with van der Waals surface area (Å²) >= 11 is 0. The van der Waals surface area contributed by atoms with E-state index in [1.54, 1.807) is 5.92 Å². The number of rotatable bonds is 2. The fourth-order valence-electron chi connectivity index (χ4n) is 5.96. The fourth-order valence-corrected chi connectivity index (χ4v) is 6.35. The number of likely N-dealkylation sites (tertiary alicyclic amines) is 1. The van der Waals surface area contributed by atoms with Crippen molar-refractivity contribution in [2.75, 3.05) is 13.1 Å². The first-order valence-electron chi connectivity index (χ1n) is 8.97. The van der Waals surface area contributed by atoms with Crippen molar-refractivity contribution in [3.8, 4) is 5.75 Å². The third kappa shape index (κ3) is 2.02. The minimum Gasteiger partial charge on any atom is -0.491 e. The van der Waals surface area contributed by atoms with Crippen LogP contribution in [0.25, 0.3) is 0 Å². The second kappa shape index (κ2) is 6.12. The molecule has 5 rings (SSSR count). The summed E-state index contributed by atoms with van der Waals surface area (Å²) in [4.78, 5) is 2.66. The Morgan fingerprint density at radius 2 is 2.29 bits per heavy atom. The predicted octanol–water partition coefficient (Wildman–Crippen LogP) is 3.25. The van der Waals surface area contributed by atoms with E-state index in [2.05, 4.69) is 24.8 Å². The molecule has 2 bridgehead atoms. The summed E-state index contributed by atoms with van der Waals surface area (Å²) in [5.41, 5.74) is 2.96. The maximum Gasteiger partial charge on any atom is 0.196 e. The number of likely N-dealkylation sites (N-methyl/N-ethyl adjacent to an activating group) is 1. The third-order valence-corrected chi connectivity index (χ3v) is 7.46. The fraction of sp³-hybridized carbons (Fsp3) is 0.632. The Balaban J connectivity index is 0.00000146. The summed E-state index contributed by atoms with van der Waals surface area (Å²) in [5, 5.41) is 0.843. The Bertz CT molecular complexity index is 696. The molecule has 1 aromatic rings. The van der Waals surface area contributed by atoms with E-state index in [0.29, 0.717) is 12.0 Å². The molecule has 1 spiro atoms. The maximum absolute atomic E-state index is 11.6. The van der Waals surface area contributed by atoms with Gasteiger partial charge in [0.2, 0.25) is 0 Å². The van der Waals surface area contributed by atoms with Crippen LogP contribution in [0.15, 0.2) is 12.1 Å². The first kappa shape index (κ1) is 17.6. The number of nitrogens with zero attached hydrogens (tertiary/aromatic N) is 1. The standard InChI is InChI=1S/C19H23NO2P.Y/c1-3-20-9-8-19-13-6-4-11(2)18(19)22-17-15(23-21)7-5-12(16(17)19)10-14(13)20;/h5,7,11,14,18H,3-4,6,8-10H2,1-2H3;/q-1;/t11?,14-,18+,19+;/m1./s1. The Kier molecular flexibility index (Phi) is 4.48. The van der Waals surface area contributed by atoms with Gasteiger partial charge in [-0.15, -0.1) is 6.04 Å². The van der Waals surface area contributed by atoms with Crippen molar-refractivity contribution in [1.29, 1.82) is 0 Å². The van der Waals surface area contributed by atoms with Crippen molar-refractivity contribution < 1.29 is 42.0 Å². The molecule has 4 atom stereocenters. The van der Waals surface area contributed by atoms with Gasteiger partial charge >= 0.3 is 0 Å². The molecule has 0 aromatic heterocycles. The Labute approximate surface area is 171 Å². The van der Waals surface area contributed by atoms with Crippen LogP contribution in [0.3, 0.4) is 0 Å². The molecule has 125 valence electrons. The first-order valence-corrected chi connectivity index (χ1v) is 9.78. The topological polar surface area (TPSA) is 29.5 Å². The van der Waals surface area contributed by atoms with Crippen molar-refractivity contribution in [3.63, 3.8) is 0 Å². The largest absolute Gasteiger partial charge is 0.491 e. The first-order chi connectivity index (χ1) is 11.2. The van der Waals surface area contributed by atoms with Crippen LogP contribution >= 0.6 is 8.46 Å². The quantitative estimate of drug-likeness (QED) is 0.547. The molecule has 1 saturated carbocycles. The zero-order valence-corrected chi connectivity index (χ0v) is 18.2.